The highest BCUT2D eigenvalue weighted by atomic mass is 16.5. The maximum Gasteiger partial charge on any atom is 0.228 e. The zero-order chi connectivity index (χ0) is 19.7. The van der Waals surface area contributed by atoms with E-state index in [9.17, 15) is 4.79 Å². The molecule has 1 fully saturated rings. The molecule has 0 saturated heterocycles. The lowest BCUT2D eigenvalue weighted by molar-refractivity contribution is -0.120. The fourth-order valence-corrected chi connectivity index (χ4v) is 3.41. The Bertz CT molecular complexity index is 977. The van der Waals surface area contributed by atoms with Crippen molar-refractivity contribution in [3.05, 3.63) is 48.0 Å². The van der Waals surface area contributed by atoms with Gasteiger partial charge in [-0.25, -0.2) is 4.99 Å². The molecule has 0 spiro atoms. The van der Waals surface area contributed by atoms with Crippen LogP contribution in [0, 0.1) is 5.92 Å². The standard InChI is InChI=1S/C22H23N3O3/c1-13-20(15-10-11-18(27-2)19(12-15)28-3)21(25-22(26)14-8-9-14)24-17-7-5-4-6-16(17)23-13/h4-7,10-12,14,20H,8-9H2,1-3H3,(H,24,25,26). The third kappa shape index (κ3) is 3.50. The molecule has 1 aliphatic carbocycles. The first-order valence-corrected chi connectivity index (χ1v) is 9.36. The Balaban J connectivity index is 1.81. The van der Waals surface area contributed by atoms with Crippen LogP contribution in [0.5, 0.6) is 11.5 Å². The van der Waals surface area contributed by atoms with Crippen molar-refractivity contribution in [3.8, 4) is 11.5 Å². The van der Waals surface area contributed by atoms with Crippen LogP contribution >= 0.6 is 0 Å². The lowest BCUT2D eigenvalue weighted by atomic mass is 9.92. The largest absolute Gasteiger partial charge is 0.493 e. The molecule has 0 radical (unpaired) electrons. The molecular weight excluding hydrogens is 354 g/mol. The summed E-state index contributed by atoms with van der Waals surface area (Å²) in [7, 11) is 3.21. The molecule has 1 amide bonds. The molecule has 0 bridgehead atoms. The number of ether oxygens (including phenoxy) is 2. The maximum atomic E-state index is 12.5. The van der Waals surface area contributed by atoms with Crippen LogP contribution in [-0.2, 0) is 4.79 Å². The number of methoxy groups -OCH3 is 2. The summed E-state index contributed by atoms with van der Waals surface area (Å²) in [6.07, 6.45) is 1.87. The molecule has 6 nitrogen and oxygen atoms in total. The van der Waals surface area contributed by atoms with Gasteiger partial charge in [0.15, 0.2) is 11.5 Å². The number of hydrogen-bond donors (Lipinski definition) is 1. The van der Waals surface area contributed by atoms with Crippen LogP contribution in [0.3, 0.4) is 0 Å². The maximum absolute atomic E-state index is 12.5. The fraction of sp³-hybridized carbons (Fsp3) is 0.318. The number of carbonyl (C=O) groups excluding carboxylic acids is 1. The molecule has 1 atom stereocenters. The number of amides is 1. The molecule has 2 aliphatic rings. The van der Waals surface area contributed by atoms with Gasteiger partial charge >= 0.3 is 0 Å². The van der Waals surface area contributed by atoms with Gasteiger partial charge in [-0.1, -0.05) is 18.2 Å². The number of hydrogen-bond acceptors (Lipinski definition) is 5. The molecule has 6 heteroatoms. The van der Waals surface area contributed by atoms with E-state index in [1.165, 1.54) is 0 Å². The Morgan fingerprint density at radius 2 is 1.68 bits per heavy atom. The minimum atomic E-state index is -0.282. The van der Waals surface area contributed by atoms with Gasteiger partial charge in [0.2, 0.25) is 5.91 Å². The molecule has 2 aromatic rings. The van der Waals surface area contributed by atoms with Gasteiger partial charge in [-0.3, -0.25) is 9.79 Å². The topological polar surface area (TPSA) is 72.3 Å². The van der Waals surface area contributed by atoms with E-state index in [1.54, 1.807) is 14.2 Å². The molecular formula is C22H23N3O3. The average molecular weight is 377 g/mol. The molecule has 4 rings (SSSR count). The number of rotatable bonds is 4. The first kappa shape index (κ1) is 18.2. The van der Waals surface area contributed by atoms with Gasteiger partial charge in [0.25, 0.3) is 0 Å². The van der Waals surface area contributed by atoms with Crippen molar-refractivity contribution in [2.24, 2.45) is 15.9 Å². The molecule has 1 aliphatic heterocycles. The Hall–Kier alpha value is -3.15. The molecule has 2 aromatic carbocycles. The predicted molar refractivity (Wildman–Crippen MR) is 109 cm³/mol. The quantitative estimate of drug-likeness (QED) is 0.870. The van der Waals surface area contributed by atoms with E-state index in [2.05, 4.69) is 5.32 Å². The zero-order valence-corrected chi connectivity index (χ0v) is 16.2. The summed E-state index contributed by atoms with van der Waals surface area (Å²) in [6, 6.07) is 13.4. The van der Waals surface area contributed by atoms with Crippen molar-refractivity contribution in [1.82, 2.24) is 5.32 Å². The molecule has 1 saturated carbocycles. The Morgan fingerprint density at radius 3 is 2.32 bits per heavy atom. The normalized spacial score (nSPS) is 18.3. The Labute approximate surface area is 164 Å². The van der Waals surface area contributed by atoms with Crippen molar-refractivity contribution in [2.45, 2.75) is 25.7 Å². The Kier molecular flexibility index (Phi) is 4.86. The number of carbonyl (C=O) groups is 1. The van der Waals surface area contributed by atoms with Gasteiger partial charge in [-0.15, -0.1) is 0 Å². The lowest BCUT2D eigenvalue weighted by Crippen LogP contribution is -2.38. The molecule has 28 heavy (non-hydrogen) atoms. The van der Waals surface area contributed by atoms with Crippen LogP contribution in [0.4, 0.5) is 11.4 Å². The molecule has 0 aromatic heterocycles. The van der Waals surface area contributed by atoms with E-state index in [0.717, 1.165) is 35.5 Å². The molecule has 144 valence electrons. The van der Waals surface area contributed by atoms with Crippen molar-refractivity contribution in [3.63, 3.8) is 0 Å². The number of nitrogens with zero attached hydrogens (tertiary/aromatic N) is 2. The van der Waals surface area contributed by atoms with Crippen molar-refractivity contribution < 1.29 is 14.3 Å². The van der Waals surface area contributed by atoms with E-state index in [0.29, 0.717) is 17.3 Å². The van der Waals surface area contributed by atoms with Gasteiger partial charge in [0, 0.05) is 11.6 Å². The van der Waals surface area contributed by atoms with Crippen LogP contribution in [0.1, 0.15) is 31.2 Å². The van der Waals surface area contributed by atoms with Crippen LogP contribution in [-0.4, -0.2) is 31.7 Å². The number of amidine groups is 1. The second kappa shape index (κ2) is 7.46. The fourth-order valence-electron chi connectivity index (χ4n) is 3.41. The monoisotopic (exact) mass is 377 g/mol. The van der Waals surface area contributed by atoms with Crippen molar-refractivity contribution >= 4 is 28.8 Å². The Morgan fingerprint density at radius 1 is 1.00 bits per heavy atom. The van der Waals surface area contributed by atoms with E-state index in [4.69, 9.17) is 19.5 Å². The molecule has 1 N–H and O–H groups in total. The van der Waals surface area contributed by atoms with Gasteiger partial charge < -0.3 is 14.8 Å². The lowest BCUT2D eigenvalue weighted by Gasteiger charge is -2.20. The van der Waals surface area contributed by atoms with Gasteiger partial charge in [-0.05, 0) is 49.6 Å². The summed E-state index contributed by atoms with van der Waals surface area (Å²) in [4.78, 5) is 22.1. The van der Waals surface area contributed by atoms with Gasteiger partial charge in [0.1, 0.15) is 5.84 Å². The van der Waals surface area contributed by atoms with Crippen molar-refractivity contribution in [2.75, 3.05) is 14.2 Å². The number of nitrogens with one attached hydrogen (secondary N) is 1. The summed E-state index contributed by atoms with van der Waals surface area (Å²) in [6.45, 7) is 1.96. The second-order valence-electron chi connectivity index (χ2n) is 7.05. The highest BCUT2D eigenvalue weighted by Gasteiger charge is 2.33. The number of para-hydroxylation sites is 2. The first-order chi connectivity index (χ1) is 13.6. The van der Waals surface area contributed by atoms with E-state index >= 15 is 0 Å². The third-order valence-electron chi connectivity index (χ3n) is 5.05. The summed E-state index contributed by atoms with van der Waals surface area (Å²) >= 11 is 0. The SMILES string of the molecule is COc1ccc(C2C(C)=Nc3ccccc3N=C2NC(=O)C2CC2)cc1OC. The van der Waals surface area contributed by atoms with E-state index < -0.39 is 0 Å². The van der Waals surface area contributed by atoms with E-state index in [1.807, 2.05) is 49.4 Å². The third-order valence-corrected chi connectivity index (χ3v) is 5.05. The minimum absolute atomic E-state index is 0.0245. The van der Waals surface area contributed by atoms with Crippen LogP contribution in [0.25, 0.3) is 0 Å². The predicted octanol–water partition coefficient (Wildman–Crippen LogP) is 4.15. The number of benzene rings is 2. The average Bonchev–Trinajstić information content (AvgIpc) is 3.55. The smallest absolute Gasteiger partial charge is 0.228 e. The highest BCUT2D eigenvalue weighted by Crippen LogP contribution is 2.37. The minimum Gasteiger partial charge on any atom is -0.493 e. The van der Waals surface area contributed by atoms with Crippen LogP contribution in [0.15, 0.2) is 52.4 Å². The van der Waals surface area contributed by atoms with Gasteiger partial charge in [-0.2, -0.15) is 0 Å². The first-order valence-electron chi connectivity index (χ1n) is 9.36. The van der Waals surface area contributed by atoms with Crippen LogP contribution < -0.4 is 14.8 Å². The summed E-state index contributed by atoms with van der Waals surface area (Å²) in [5, 5.41) is 3.06. The molecule has 1 unspecified atom stereocenters. The highest BCUT2D eigenvalue weighted by molar-refractivity contribution is 6.17. The van der Waals surface area contributed by atoms with E-state index in [-0.39, 0.29) is 17.7 Å². The number of aliphatic imine (C=N–C) groups is 2. The van der Waals surface area contributed by atoms with Crippen molar-refractivity contribution in [1.29, 1.82) is 0 Å². The second-order valence-corrected chi connectivity index (χ2v) is 7.05. The summed E-state index contributed by atoms with van der Waals surface area (Å²) in [5.41, 5.74) is 3.32. The summed E-state index contributed by atoms with van der Waals surface area (Å²) in [5.74, 6) is 1.70. The zero-order valence-electron chi connectivity index (χ0n) is 16.2. The summed E-state index contributed by atoms with van der Waals surface area (Å²) < 4.78 is 10.8. The van der Waals surface area contributed by atoms with Crippen LogP contribution in [0.2, 0.25) is 0 Å². The number of fused-ring (bicyclic) bond motifs is 1. The molecule has 1 heterocycles. The van der Waals surface area contributed by atoms with Gasteiger partial charge in [0.05, 0.1) is 31.5 Å².